The highest BCUT2D eigenvalue weighted by atomic mass is 32.1. The Morgan fingerprint density at radius 3 is 2.54 bits per heavy atom. The third kappa shape index (κ3) is 2.74. The maximum Gasteiger partial charge on any atom is 0.271 e. The minimum Gasteiger partial charge on any atom is -0.294 e. The molecule has 0 atom stereocenters. The summed E-state index contributed by atoms with van der Waals surface area (Å²) in [5.41, 5.74) is 2.57. The lowest BCUT2D eigenvalue weighted by Gasteiger charge is -2.05. The van der Waals surface area contributed by atoms with E-state index >= 15 is 0 Å². The van der Waals surface area contributed by atoms with Gasteiger partial charge in [0.15, 0.2) is 0 Å². The number of benzene rings is 2. The summed E-state index contributed by atoms with van der Waals surface area (Å²) in [6.07, 6.45) is 1.55. The highest BCUT2D eigenvalue weighted by Crippen LogP contribution is 2.30. The molecule has 4 rings (SSSR count). The van der Waals surface area contributed by atoms with Crippen LogP contribution in [0.2, 0.25) is 0 Å². The van der Waals surface area contributed by atoms with E-state index in [1.165, 1.54) is 23.5 Å². The second-order valence-electron chi connectivity index (χ2n) is 5.50. The summed E-state index contributed by atoms with van der Waals surface area (Å²) in [6, 6.07) is 18.0. The van der Waals surface area contributed by atoms with Crippen molar-refractivity contribution in [3.8, 4) is 10.4 Å². The molecule has 24 heavy (non-hydrogen) atoms. The normalized spacial score (nSPS) is 11.0. The smallest absolute Gasteiger partial charge is 0.271 e. The van der Waals surface area contributed by atoms with E-state index in [0.717, 1.165) is 16.0 Å². The number of aromatic nitrogens is 2. The van der Waals surface area contributed by atoms with Crippen molar-refractivity contribution in [1.82, 2.24) is 9.55 Å². The predicted octanol–water partition coefficient (Wildman–Crippen LogP) is 4.31. The summed E-state index contributed by atoms with van der Waals surface area (Å²) in [7, 11) is 0. The number of hydrogen-bond donors (Lipinski definition) is 0. The molecule has 3 nitrogen and oxygen atoms in total. The Kier molecular flexibility index (Phi) is 3.70. The van der Waals surface area contributed by atoms with E-state index in [2.05, 4.69) is 4.98 Å². The van der Waals surface area contributed by atoms with Crippen LogP contribution in [-0.2, 0) is 6.54 Å². The molecule has 5 heteroatoms. The van der Waals surface area contributed by atoms with Crippen molar-refractivity contribution in [2.45, 2.75) is 6.54 Å². The molecule has 0 aliphatic rings. The fraction of sp³-hybridized carbons (Fsp3) is 0.0526. The summed E-state index contributed by atoms with van der Waals surface area (Å²) in [5.74, 6) is -0.287. The van der Waals surface area contributed by atoms with Gasteiger partial charge in [-0.1, -0.05) is 42.5 Å². The lowest BCUT2D eigenvalue weighted by molar-refractivity contribution is 0.626. The first-order valence-corrected chi connectivity index (χ1v) is 8.31. The molecular formula is C19H13FN2OS. The molecule has 4 aromatic rings. The average Bonchev–Trinajstić information content (AvgIpc) is 3.05. The van der Waals surface area contributed by atoms with Crippen molar-refractivity contribution in [2.75, 3.05) is 0 Å². The Hall–Kier alpha value is -2.79. The van der Waals surface area contributed by atoms with E-state index < -0.39 is 0 Å². The van der Waals surface area contributed by atoms with E-state index in [1.807, 2.05) is 36.4 Å². The van der Waals surface area contributed by atoms with Crippen molar-refractivity contribution in [3.05, 3.63) is 88.7 Å². The van der Waals surface area contributed by atoms with Crippen molar-refractivity contribution in [3.63, 3.8) is 0 Å². The fourth-order valence-electron chi connectivity index (χ4n) is 2.59. The third-order valence-electron chi connectivity index (χ3n) is 3.83. The van der Waals surface area contributed by atoms with Gasteiger partial charge in [0, 0.05) is 4.88 Å². The largest absolute Gasteiger partial charge is 0.294 e. The summed E-state index contributed by atoms with van der Waals surface area (Å²) >= 11 is 1.45. The van der Waals surface area contributed by atoms with Gasteiger partial charge in [-0.2, -0.15) is 0 Å². The average molecular weight is 336 g/mol. The Balaban J connectivity index is 1.75. The van der Waals surface area contributed by atoms with E-state index in [-0.39, 0.29) is 11.4 Å². The highest BCUT2D eigenvalue weighted by Gasteiger charge is 2.10. The van der Waals surface area contributed by atoms with Crippen LogP contribution >= 0.6 is 11.3 Å². The molecule has 2 heterocycles. The van der Waals surface area contributed by atoms with Crippen LogP contribution in [-0.4, -0.2) is 9.55 Å². The Morgan fingerprint density at radius 2 is 1.79 bits per heavy atom. The van der Waals surface area contributed by atoms with Gasteiger partial charge in [-0.05, 0) is 29.3 Å². The quantitative estimate of drug-likeness (QED) is 0.559. The van der Waals surface area contributed by atoms with Crippen molar-refractivity contribution in [2.24, 2.45) is 0 Å². The van der Waals surface area contributed by atoms with Gasteiger partial charge in [0.05, 0.1) is 18.4 Å². The number of rotatable bonds is 3. The SMILES string of the molecule is O=c1c2sc(-c3ccccc3)cc2ncn1Cc1ccc(F)cc1. The van der Waals surface area contributed by atoms with E-state index in [1.54, 1.807) is 23.0 Å². The van der Waals surface area contributed by atoms with Gasteiger partial charge >= 0.3 is 0 Å². The molecular weight excluding hydrogens is 323 g/mol. The molecule has 0 unspecified atom stereocenters. The summed E-state index contributed by atoms with van der Waals surface area (Å²) in [6.45, 7) is 0.376. The number of nitrogens with zero attached hydrogens (tertiary/aromatic N) is 2. The van der Waals surface area contributed by atoms with Gasteiger partial charge in [-0.15, -0.1) is 11.3 Å². The minimum atomic E-state index is -0.287. The topological polar surface area (TPSA) is 34.9 Å². The van der Waals surface area contributed by atoms with Gasteiger partial charge in [0.2, 0.25) is 0 Å². The maximum absolute atomic E-state index is 13.0. The molecule has 2 aromatic heterocycles. The molecule has 0 aliphatic carbocycles. The van der Waals surface area contributed by atoms with Crippen LogP contribution in [0.1, 0.15) is 5.56 Å². The first-order chi connectivity index (χ1) is 11.7. The molecule has 0 aliphatic heterocycles. The number of thiophene rings is 1. The van der Waals surface area contributed by atoms with Crippen LogP contribution in [0.5, 0.6) is 0 Å². The molecule has 0 radical (unpaired) electrons. The first kappa shape index (κ1) is 14.8. The molecule has 0 saturated heterocycles. The van der Waals surface area contributed by atoms with Crippen LogP contribution in [0.25, 0.3) is 20.7 Å². The van der Waals surface area contributed by atoms with Gasteiger partial charge in [-0.3, -0.25) is 9.36 Å². The van der Waals surface area contributed by atoms with Crippen LogP contribution in [0.3, 0.4) is 0 Å². The second-order valence-corrected chi connectivity index (χ2v) is 6.55. The molecule has 0 bridgehead atoms. The van der Waals surface area contributed by atoms with Crippen LogP contribution in [0.4, 0.5) is 4.39 Å². The molecule has 0 amide bonds. The highest BCUT2D eigenvalue weighted by molar-refractivity contribution is 7.22. The number of fused-ring (bicyclic) bond motifs is 1. The summed E-state index contributed by atoms with van der Waals surface area (Å²) in [5, 5.41) is 0. The standard InChI is InChI=1S/C19H13FN2OS/c20-15-8-6-13(7-9-15)11-22-12-21-16-10-17(24-18(16)19(22)23)14-4-2-1-3-5-14/h1-10,12H,11H2. The summed E-state index contributed by atoms with van der Waals surface area (Å²) in [4.78, 5) is 18.1. The van der Waals surface area contributed by atoms with Crippen molar-refractivity contribution in [1.29, 1.82) is 0 Å². The van der Waals surface area contributed by atoms with Gasteiger partial charge in [-0.25, -0.2) is 9.37 Å². The second kappa shape index (κ2) is 6.02. The number of halogens is 1. The Bertz CT molecular complexity index is 1050. The maximum atomic E-state index is 13.0. The summed E-state index contributed by atoms with van der Waals surface area (Å²) < 4.78 is 15.2. The Morgan fingerprint density at radius 1 is 1.04 bits per heavy atom. The van der Waals surface area contributed by atoms with Crippen molar-refractivity contribution < 1.29 is 4.39 Å². The van der Waals surface area contributed by atoms with Crippen LogP contribution in [0, 0.1) is 5.82 Å². The zero-order chi connectivity index (χ0) is 16.5. The minimum absolute atomic E-state index is 0.0727. The molecule has 0 N–H and O–H groups in total. The lowest BCUT2D eigenvalue weighted by Crippen LogP contribution is -2.20. The number of hydrogen-bond acceptors (Lipinski definition) is 3. The third-order valence-corrected chi connectivity index (χ3v) is 4.99. The van der Waals surface area contributed by atoms with E-state index in [9.17, 15) is 9.18 Å². The molecule has 2 aromatic carbocycles. The zero-order valence-corrected chi connectivity index (χ0v) is 13.5. The lowest BCUT2D eigenvalue weighted by atomic mass is 10.2. The fourth-order valence-corrected chi connectivity index (χ4v) is 3.65. The monoisotopic (exact) mass is 336 g/mol. The first-order valence-electron chi connectivity index (χ1n) is 7.49. The molecule has 0 fully saturated rings. The molecule has 0 saturated carbocycles. The molecule has 118 valence electrons. The predicted molar refractivity (Wildman–Crippen MR) is 94.8 cm³/mol. The molecule has 0 spiro atoms. The van der Waals surface area contributed by atoms with Gasteiger partial charge < -0.3 is 0 Å². The Labute approximate surface area is 141 Å². The van der Waals surface area contributed by atoms with Gasteiger partial charge in [0.25, 0.3) is 5.56 Å². The van der Waals surface area contributed by atoms with Gasteiger partial charge in [0.1, 0.15) is 10.5 Å². The zero-order valence-electron chi connectivity index (χ0n) is 12.6. The van der Waals surface area contributed by atoms with E-state index in [0.29, 0.717) is 16.8 Å². The van der Waals surface area contributed by atoms with Crippen LogP contribution in [0.15, 0.2) is 71.8 Å². The van der Waals surface area contributed by atoms with E-state index in [4.69, 9.17) is 0 Å². The van der Waals surface area contributed by atoms with Crippen LogP contribution < -0.4 is 5.56 Å². The van der Waals surface area contributed by atoms with Crippen molar-refractivity contribution >= 4 is 21.6 Å².